The van der Waals surface area contributed by atoms with Gasteiger partial charge in [-0.1, -0.05) is 17.7 Å². The lowest BCUT2D eigenvalue weighted by molar-refractivity contribution is -0.115. The number of aryl methyl sites for hydroxylation is 1. The molecule has 1 aromatic carbocycles. The molecule has 3 N–H and O–H groups in total. The Balaban J connectivity index is 1.96. The molecule has 0 saturated carbocycles. The fourth-order valence-corrected chi connectivity index (χ4v) is 1.55. The number of aromatic nitrogens is 1. The van der Waals surface area contributed by atoms with Crippen LogP contribution in [-0.4, -0.2) is 10.9 Å². The second-order valence-corrected chi connectivity index (χ2v) is 4.17. The molecule has 18 heavy (non-hydrogen) atoms. The fraction of sp³-hybridized carbons (Fsp3) is 0.143. The maximum absolute atomic E-state index is 11.8. The highest BCUT2D eigenvalue weighted by atomic mass is 16.1. The monoisotopic (exact) mass is 241 g/mol. The molecule has 2 aromatic rings. The molecule has 1 aromatic heterocycles. The van der Waals surface area contributed by atoms with Crippen molar-refractivity contribution in [1.29, 1.82) is 0 Å². The highest BCUT2D eigenvalue weighted by molar-refractivity contribution is 5.92. The van der Waals surface area contributed by atoms with Crippen molar-refractivity contribution in [2.75, 3.05) is 11.1 Å². The zero-order chi connectivity index (χ0) is 13.0. The lowest BCUT2D eigenvalue weighted by Gasteiger charge is -2.05. The topological polar surface area (TPSA) is 68.0 Å². The third-order valence-electron chi connectivity index (χ3n) is 2.52. The molecule has 0 unspecified atom stereocenters. The Bertz CT molecular complexity index is 482. The first kappa shape index (κ1) is 12.1. The van der Waals surface area contributed by atoms with Gasteiger partial charge in [0.25, 0.3) is 0 Å². The van der Waals surface area contributed by atoms with Crippen molar-refractivity contribution >= 4 is 17.3 Å². The van der Waals surface area contributed by atoms with Crippen molar-refractivity contribution in [3.05, 3.63) is 53.9 Å². The number of pyridine rings is 1. The summed E-state index contributed by atoms with van der Waals surface area (Å²) in [5.41, 5.74) is 8.78. The van der Waals surface area contributed by atoms with Gasteiger partial charge in [-0.3, -0.25) is 9.78 Å². The lowest BCUT2D eigenvalue weighted by atomic mass is 10.2. The molecule has 92 valence electrons. The van der Waals surface area contributed by atoms with Gasteiger partial charge in [0.15, 0.2) is 0 Å². The molecular formula is C14H15N3O. The predicted molar refractivity (Wildman–Crippen MR) is 72.2 cm³/mol. The average Bonchev–Trinajstić information content (AvgIpc) is 2.35. The molecule has 0 aliphatic carbocycles. The standard InChI is InChI=1S/C14H15N3O/c1-10-2-5-12(6-3-10)17-14(18)8-13-7-4-11(15)9-16-13/h2-7,9H,8,15H2,1H3,(H,17,18). The van der Waals surface area contributed by atoms with E-state index in [9.17, 15) is 4.79 Å². The van der Waals surface area contributed by atoms with Gasteiger partial charge in [0, 0.05) is 11.4 Å². The summed E-state index contributed by atoms with van der Waals surface area (Å²) >= 11 is 0. The Morgan fingerprint density at radius 3 is 2.56 bits per heavy atom. The number of nitrogens with two attached hydrogens (primary N) is 1. The van der Waals surface area contributed by atoms with E-state index in [0.717, 1.165) is 11.3 Å². The Morgan fingerprint density at radius 2 is 1.94 bits per heavy atom. The molecule has 0 spiro atoms. The number of nitrogen functional groups attached to an aromatic ring is 1. The van der Waals surface area contributed by atoms with Crippen LogP contribution in [0.15, 0.2) is 42.6 Å². The number of carbonyl (C=O) groups is 1. The molecule has 4 nitrogen and oxygen atoms in total. The zero-order valence-corrected chi connectivity index (χ0v) is 10.2. The van der Waals surface area contributed by atoms with Crippen LogP contribution in [0.2, 0.25) is 0 Å². The first-order valence-corrected chi connectivity index (χ1v) is 5.70. The number of carbonyl (C=O) groups excluding carboxylic acids is 1. The van der Waals surface area contributed by atoms with Crippen molar-refractivity contribution in [3.8, 4) is 0 Å². The van der Waals surface area contributed by atoms with Gasteiger partial charge in [0.05, 0.1) is 18.3 Å². The number of hydrogen-bond donors (Lipinski definition) is 2. The van der Waals surface area contributed by atoms with E-state index in [1.54, 1.807) is 18.3 Å². The molecule has 0 bridgehead atoms. The minimum absolute atomic E-state index is 0.0869. The van der Waals surface area contributed by atoms with E-state index in [2.05, 4.69) is 10.3 Å². The maximum atomic E-state index is 11.8. The average molecular weight is 241 g/mol. The van der Waals surface area contributed by atoms with Crippen LogP contribution in [0.1, 0.15) is 11.3 Å². The van der Waals surface area contributed by atoms with Gasteiger partial charge in [-0.25, -0.2) is 0 Å². The smallest absolute Gasteiger partial charge is 0.230 e. The van der Waals surface area contributed by atoms with Crippen molar-refractivity contribution in [3.63, 3.8) is 0 Å². The summed E-state index contributed by atoms with van der Waals surface area (Å²) < 4.78 is 0. The predicted octanol–water partition coefficient (Wildman–Crippen LogP) is 2.15. The normalized spacial score (nSPS) is 10.1. The van der Waals surface area contributed by atoms with Gasteiger partial charge in [-0.2, -0.15) is 0 Å². The van der Waals surface area contributed by atoms with Crippen molar-refractivity contribution in [2.45, 2.75) is 13.3 Å². The molecular weight excluding hydrogens is 226 g/mol. The third-order valence-corrected chi connectivity index (χ3v) is 2.52. The van der Waals surface area contributed by atoms with Crippen molar-refractivity contribution in [2.24, 2.45) is 0 Å². The molecule has 0 radical (unpaired) electrons. The Hall–Kier alpha value is -2.36. The van der Waals surface area contributed by atoms with Crippen molar-refractivity contribution < 1.29 is 4.79 Å². The largest absolute Gasteiger partial charge is 0.397 e. The number of nitrogens with one attached hydrogen (secondary N) is 1. The Kier molecular flexibility index (Phi) is 3.57. The van der Waals surface area contributed by atoms with Crippen LogP contribution in [0.25, 0.3) is 0 Å². The summed E-state index contributed by atoms with van der Waals surface area (Å²) in [4.78, 5) is 15.9. The molecule has 0 fully saturated rings. The summed E-state index contributed by atoms with van der Waals surface area (Å²) in [6.45, 7) is 2.00. The quantitative estimate of drug-likeness (QED) is 0.865. The van der Waals surface area contributed by atoms with Gasteiger partial charge >= 0.3 is 0 Å². The second-order valence-electron chi connectivity index (χ2n) is 4.17. The highest BCUT2D eigenvalue weighted by Gasteiger charge is 2.04. The molecule has 0 saturated heterocycles. The van der Waals surface area contributed by atoms with E-state index in [1.807, 2.05) is 31.2 Å². The van der Waals surface area contributed by atoms with E-state index in [4.69, 9.17) is 5.73 Å². The van der Waals surface area contributed by atoms with Gasteiger partial charge in [-0.15, -0.1) is 0 Å². The van der Waals surface area contributed by atoms with E-state index >= 15 is 0 Å². The van der Waals surface area contributed by atoms with Gasteiger partial charge in [0.2, 0.25) is 5.91 Å². The van der Waals surface area contributed by atoms with Crippen LogP contribution in [0.4, 0.5) is 11.4 Å². The third kappa shape index (κ3) is 3.31. The van der Waals surface area contributed by atoms with E-state index in [0.29, 0.717) is 11.4 Å². The second kappa shape index (κ2) is 5.31. The molecule has 0 atom stereocenters. The van der Waals surface area contributed by atoms with E-state index in [1.165, 1.54) is 0 Å². The Morgan fingerprint density at radius 1 is 1.22 bits per heavy atom. The summed E-state index contributed by atoms with van der Waals surface area (Å²) in [5, 5.41) is 2.82. The number of anilines is 2. The minimum atomic E-state index is -0.0869. The van der Waals surface area contributed by atoms with E-state index < -0.39 is 0 Å². The lowest BCUT2D eigenvalue weighted by Crippen LogP contribution is -2.15. The number of nitrogens with zero attached hydrogens (tertiary/aromatic N) is 1. The minimum Gasteiger partial charge on any atom is -0.397 e. The highest BCUT2D eigenvalue weighted by Crippen LogP contribution is 2.09. The molecule has 0 aliphatic rings. The van der Waals surface area contributed by atoms with Crippen LogP contribution >= 0.6 is 0 Å². The van der Waals surface area contributed by atoms with Crippen LogP contribution < -0.4 is 11.1 Å². The maximum Gasteiger partial charge on any atom is 0.230 e. The number of hydrogen-bond acceptors (Lipinski definition) is 3. The summed E-state index contributed by atoms with van der Waals surface area (Å²) in [7, 11) is 0. The summed E-state index contributed by atoms with van der Waals surface area (Å²) in [6, 6.07) is 11.2. The van der Waals surface area contributed by atoms with Crippen LogP contribution in [-0.2, 0) is 11.2 Å². The Labute approximate surface area is 106 Å². The molecule has 2 rings (SSSR count). The van der Waals surface area contributed by atoms with Gasteiger partial charge in [0.1, 0.15) is 0 Å². The molecule has 1 amide bonds. The number of benzene rings is 1. The van der Waals surface area contributed by atoms with E-state index in [-0.39, 0.29) is 12.3 Å². The van der Waals surface area contributed by atoms with Crippen molar-refractivity contribution in [1.82, 2.24) is 4.98 Å². The summed E-state index contributed by atoms with van der Waals surface area (Å²) in [6.07, 6.45) is 1.79. The first-order chi connectivity index (χ1) is 8.63. The SMILES string of the molecule is Cc1ccc(NC(=O)Cc2ccc(N)cn2)cc1. The number of rotatable bonds is 3. The van der Waals surface area contributed by atoms with Crippen LogP contribution in [0, 0.1) is 6.92 Å². The first-order valence-electron chi connectivity index (χ1n) is 5.70. The zero-order valence-electron chi connectivity index (χ0n) is 10.2. The van der Waals surface area contributed by atoms with Crippen LogP contribution in [0.3, 0.4) is 0 Å². The summed E-state index contributed by atoms with van der Waals surface area (Å²) in [5.74, 6) is -0.0869. The molecule has 1 heterocycles. The van der Waals surface area contributed by atoms with Crippen LogP contribution in [0.5, 0.6) is 0 Å². The molecule has 0 aliphatic heterocycles. The molecule has 4 heteroatoms. The van der Waals surface area contributed by atoms with Gasteiger partial charge < -0.3 is 11.1 Å². The van der Waals surface area contributed by atoms with Gasteiger partial charge in [-0.05, 0) is 31.2 Å². The number of amides is 1. The fourth-order valence-electron chi connectivity index (χ4n) is 1.55.